The van der Waals surface area contributed by atoms with Crippen molar-refractivity contribution in [3.8, 4) is 5.75 Å². The molecule has 1 fully saturated rings. The third-order valence-electron chi connectivity index (χ3n) is 6.95. The molecule has 0 bridgehead atoms. The van der Waals surface area contributed by atoms with E-state index in [2.05, 4.69) is 15.2 Å². The van der Waals surface area contributed by atoms with Crippen LogP contribution in [0.15, 0.2) is 54.7 Å². The number of nitrogens with zero attached hydrogens (tertiary/aromatic N) is 3. The van der Waals surface area contributed by atoms with Gasteiger partial charge in [-0.3, -0.25) is 0 Å². The smallest absolute Gasteiger partial charge is 0.407 e. The second kappa shape index (κ2) is 14.4. The lowest BCUT2D eigenvalue weighted by atomic mass is 10.0. The normalized spacial score (nSPS) is 15.0. The quantitative estimate of drug-likeness (QED) is 0.224. The third-order valence-corrected chi connectivity index (χ3v) is 7.20. The standard InChI is InChI=1S/C32H39ClN4O5/c1-32(2,3)42-31(40)34-18-6-7-20-41-28-11-5-4-9-23(28)14-17-26-25(29(38)39)21-35-30(36-26)37-19-8-10-27(37)22-12-15-24(33)16-13-22/h4-5,9,11-13,15-16,21,27H,6-8,10,14,17-20H2,1-3H3,(H,34,40)(H,38,39). The highest BCUT2D eigenvalue weighted by Gasteiger charge is 2.29. The lowest BCUT2D eigenvalue weighted by Crippen LogP contribution is -2.33. The van der Waals surface area contributed by atoms with Crippen LogP contribution in [0.4, 0.5) is 10.7 Å². The number of rotatable bonds is 12. The highest BCUT2D eigenvalue weighted by atomic mass is 35.5. The van der Waals surface area contributed by atoms with Gasteiger partial charge in [-0.25, -0.2) is 19.6 Å². The van der Waals surface area contributed by atoms with Crippen molar-refractivity contribution in [3.05, 3.63) is 82.1 Å². The van der Waals surface area contributed by atoms with E-state index in [0.29, 0.717) is 42.7 Å². The molecule has 2 aromatic carbocycles. The SMILES string of the molecule is CC(C)(C)OC(=O)NCCCCOc1ccccc1CCc1nc(N2CCCC2c2ccc(Cl)cc2)ncc1C(=O)O. The molecule has 1 amide bonds. The maximum atomic E-state index is 12.0. The fourth-order valence-corrected chi connectivity index (χ4v) is 5.10. The zero-order chi connectivity index (χ0) is 30.1. The Labute approximate surface area is 252 Å². The summed E-state index contributed by atoms with van der Waals surface area (Å²) >= 11 is 6.09. The molecule has 1 atom stereocenters. The Bertz CT molecular complexity index is 1360. The molecule has 42 heavy (non-hydrogen) atoms. The van der Waals surface area contributed by atoms with Crippen LogP contribution in [-0.4, -0.2) is 52.4 Å². The van der Waals surface area contributed by atoms with Gasteiger partial charge in [0.1, 0.15) is 11.4 Å². The van der Waals surface area contributed by atoms with Crippen LogP contribution in [0.3, 0.4) is 0 Å². The average molecular weight is 595 g/mol. The van der Waals surface area contributed by atoms with Gasteiger partial charge in [-0.1, -0.05) is 41.9 Å². The highest BCUT2D eigenvalue weighted by molar-refractivity contribution is 6.30. The van der Waals surface area contributed by atoms with E-state index in [0.717, 1.165) is 49.1 Å². The molecule has 1 aliphatic heterocycles. The number of carbonyl (C=O) groups is 2. The van der Waals surface area contributed by atoms with Crippen molar-refractivity contribution in [2.45, 2.75) is 70.9 Å². The van der Waals surface area contributed by atoms with Crippen LogP contribution in [0.1, 0.15) is 79.7 Å². The molecule has 10 heteroatoms. The number of aromatic carboxylic acids is 1. The van der Waals surface area contributed by atoms with Gasteiger partial charge in [-0.2, -0.15) is 0 Å². The van der Waals surface area contributed by atoms with Crippen LogP contribution in [0.2, 0.25) is 5.02 Å². The molecule has 2 N–H and O–H groups in total. The molecule has 4 rings (SSSR count). The van der Waals surface area contributed by atoms with Crippen LogP contribution in [-0.2, 0) is 17.6 Å². The van der Waals surface area contributed by atoms with Crippen LogP contribution in [0, 0.1) is 0 Å². The molecule has 1 aliphatic rings. The van der Waals surface area contributed by atoms with Crippen LogP contribution in [0.5, 0.6) is 5.75 Å². The maximum Gasteiger partial charge on any atom is 0.407 e. The molecule has 1 aromatic heterocycles. The number of aryl methyl sites for hydroxylation is 2. The van der Waals surface area contributed by atoms with Crippen molar-refractivity contribution >= 4 is 29.6 Å². The minimum absolute atomic E-state index is 0.108. The predicted molar refractivity (Wildman–Crippen MR) is 163 cm³/mol. The number of carbonyl (C=O) groups excluding carboxylic acids is 1. The van der Waals surface area contributed by atoms with Gasteiger partial charge in [0.15, 0.2) is 0 Å². The van der Waals surface area contributed by atoms with Crippen LogP contribution < -0.4 is 15.0 Å². The molecule has 0 radical (unpaired) electrons. The van der Waals surface area contributed by atoms with E-state index in [-0.39, 0.29) is 11.6 Å². The molecule has 1 saturated heterocycles. The molecule has 0 saturated carbocycles. The Balaban J connectivity index is 1.37. The first kappa shape index (κ1) is 31.1. The van der Waals surface area contributed by atoms with Crippen molar-refractivity contribution in [1.29, 1.82) is 0 Å². The number of anilines is 1. The van der Waals surface area contributed by atoms with E-state index in [1.807, 2.05) is 69.3 Å². The summed E-state index contributed by atoms with van der Waals surface area (Å²) < 4.78 is 11.3. The summed E-state index contributed by atoms with van der Waals surface area (Å²) in [5, 5.41) is 13.3. The number of ether oxygens (including phenoxy) is 2. The molecule has 0 aliphatic carbocycles. The fourth-order valence-electron chi connectivity index (χ4n) is 4.97. The zero-order valence-corrected chi connectivity index (χ0v) is 25.2. The van der Waals surface area contributed by atoms with Gasteiger partial charge in [0.05, 0.1) is 23.9 Å². The summed E-state index contributed by atoms with van der Waals surface area (Å²) in [5.41, 5.74) is 2.19. The Morgan fingerprint density at radius 2 is 1.86 bits per heavy atom. The molecule has 1 unspecified atom stereocenters. The summed E-state index contributed by atoms with van der Waals surface area (Å²) in [5.74, 6) is 0.250. The van der Waals surface area contributed by atoms with Crippen molar-refractivity contribution in [3.63, 3.8) is 0 Å². The molecule has 0 spiro atoms. The summed E-state index contributed by atoms with van der Waals surface area (Å²) in [6.45, 7) is 7.28. The van der Waals surface area contributed by atoms with E-state index in [1.54, 1.807) is 0 Å². The number of alkyl carbamates (subject to hydrolysis) is 1. The Hall–Kier alpha value is -3.85. The molecular weight excluding hydrogens is 556 g/mol. The summed E-state index contributed by atoms with van der Waals surface area (Å²) in [7, 11) is 0. The lowest BCUT2D eigenvalue weighted by molar-refractivity contribution is 0.0525. The number of amides is 1. The van der Waals surface area contributed by atoms with Crippen LogP contribution >= 0.6 is 11.6 Å². The van der Waals surface area contributed by atoms with Crippen molar-refractivity contribution in [2.24, 2.45) is 0 Å². The van der Waals surface area contributed by atoms with Gasteiger partial charge < -0.3 is 24.8 Å². The maximum absolute atomic E-state index is 12.0. The number of para-hydroxylation sites is 1. The Morgan fingerprint density at radius 1 is 1.10 bits per heavy atom. The molecule has 224 valence electrons. The third kappa shape index (κ3) is 8.82. The first-order valence-corrected chi connectivity index (χ1v) is 14.8. The summed E-state index contributed by atoms with van der Waals surface area (Å²) in [4.78, 5) is 35.2. The fraction of sp³-hybridized carbons (Fsp3) is 0.438. The molecular formula is C32H39ClN4O5. The van der Waals surface area contributed by atoms with Gasteiger partial charge in [-0.05, 0) is 88.6 Å². The van der Waals surface area contributed by atoms with E-state index >= 15 is 0 Å². The summed E-state index contributed by atoms with van der Waals surface area (Å²) in [6.07, 6.45) is 5.45. The van der Waals surface area contributed by atoms with Crippen LogP contribution in [0.25, 0.3) is 0 Å². The number of aromatic nitrogens is 2. The number of unbranched alkanes of at least 4 members (excludes halogenated alkanes) is 1. The number of hydrogen-bond acceptors (Lipinski definition) is 7. The van der Waals surface area contributed by atoms with Crippen molar-refractivity contribution in [1.82, 2.24) is 15.3 Å². The van der Waals surface area contributed by atoms with E-state index in [9.17, 15) is 14.7 Å². The second-order valence-corrected chi connectivity index (χ2v) is 11.8. The largest absolute Gasteiger partial charge is 0.493 e. The number of hydrogen-bond donors (Lipinski definition) is 2. The van der Waals surface area contributed by atoms with Gasteiger partial charge >= 0.3 is 12.1 Å². The number of carboxylic acid groups (broad SMARTS) is 1. The topological polar surface area (TPSA) is 114 Å². The van der Waals surface area contributed by atoms with Gasteiger partial charge in [0, 0.05) is 24.3 Å². The molecule has 3 aromatic rings. The highest BCUT2D eigenvalue weighted by Crippen LogP contribution is 2.35. The van der Waals surface area contributed by atoms with E-state index < -0.39 is 17.7 Å². The predicted octanol–water partition coefficient (Wildman–Crippen LogP) is 6.64. The van der Waals surface area contributed by atoms with Gasteiger partial charge in [0.25, 0.3) is 0 Å². The van der Waals surface area contributed by atoms with Gasteiger partial charge in [0.2, 0.25) is 5.95 Å². The second-order valence-electron chi connectivity index (χ2n) is 11.3. The number of halogens is 1. The minimum Gasteiger partial charge on any atom is -0.493 e. The minimum atomic E-state index is -1.04. The summed E-state index contributed by atoms with van der Waals surface area (Å²) in [6, 6.07) is 15.7. The number of nitrogens with one attached hydrogen (secondary N) is 1. The first-order chi connectivity index (χ1) is 20.1. The number of carboxylic acids is 1. The molecule has 9 nitrogen and oxygen atoms in total. The van der Waals surface area contributed by atoms with Gasteiger partial charge in [-0.15, -0.1) is 0 Å². The van der Waals surface area contributed by atoms with E-state index in [1.165, 1.54) is 6.20 Å². The monoisotopic (exact) mass is 594 g/mol. The number of benzene rings is 2. The lowest BCUT2D eigenvalue weighted by Gasteiger charge is -2.25. The van der Waals surface area contributed by atoms with Crippen molar-refractivity contribution < 1.29 is 24.2 Å². The Kier molecular flexibility index (Phi) is 10.6. The average Bonchev–Trinajstić information content (AvgIpc) is 3.43. The Morgan fingerprint density at radius 3 is 2.60 bits per heavy atom. The molecule has 2 heterocycles. The van der Waals surface area contributed by atoms with E-state index in [4.69, 9.17) is 26.1 Å². The van der Waals surface area contributed by atoms with Crippen molar-refractivity contribution in [2.75, 3.05) is 24.6 Å². The first-order valence-electron chi connectivity index (χ1n) is 14.4. The zero-order valence-electron chi connectivity index (χ0n) is 24.4.